The summed E-state index contributed by atoms with van der Waals surface area (Å²) < 4.78 is 19.8. The van der Waals surface area contributed by atoms with Crippen LogP contribution in [-0.4, -0.2) is 5.11 Å². The number of fused-ring (bicyclic) bond motifs is 1. The van der Waals surface area contributed by atoms with Crippen molar-refractivity contribution in [2.24, 2.45) is 0 Å². The van der Waals surface area contributed by atoms with Crippen LogP contribution in [0.15, 0.2) is 40.9 Å². The molecule has 1 heterocycles. The van der Waals surface area contributed by atoms with E-state index in [4.69, 9.17) is 16.3 Å². The van der Waals surface area contributed by atoms with Crippen molar-refractivity contribution in [1.82, 2.24) is 0 Å². The van der Waals surface area contributed by atoms with Crippen molar-refractivity contribution in [2.45, 2.75) is 18.6 Å². The number of hydrogen-bond acceptors (Lipinski definition) is 2. The van der Waals surface area contributed by atoms with Gasteiger partial charge in [0.2, 0.25) is 0 Å². The highest BCUT2D eigenvalue weighted by atomic mass is 79.9. The molecule has 0 aliphatic carbocycles. The fraction of sp³-hybridized carbons (Fsp3) is 0.200. The molecule has 0 aromatic heterocycles. The number of benzene rings is 2. The maximum absolute atomic E-state index is 13.3. The van der Waals surface area contributed by atoms with Crippen LogP contribution in [0.2, 0.25) is 5.02 Å². The maximum Gasteiger partial charge on any atom is 0.128 e. The zero-order valence-electron chi connectivity index (χ0n) is 10.3. The molecule has 2 unspecified atom stereocenters. The van der Waals surface area contributed by atoms with Crippen molar-refractivity contribution >= 4 is 27.5 Å². The Kier molecular flexibility index (Phi) is 3.71. The van der Waals surface area contributed by atoms with E-state index in [2.05, 4.69) is 15.9 Å². The molecule has 104 valence electrons. The van der Waals surface area contributed by atoms with Crippen LogP contribution >= 0.6 is 27.5 Å². The zero-order chi connectivity index (χ0) is 14.3. The quantitative estimate of drug-likeness (QED) is 0.794. The van der Waals surface area contributed by atoms with Crippen molar-refractivity contribution in [3.05, 3.63) is 62.8 Å². The van der Waals surface area contributed by atoms with E-state index >= 15 is 0 Å². The van der Waals surface area contributed by atoms with Gasteiger partial charge in [-0.2, -0.15) is 0 Å². The fourth-order valence-electron chi connectivity index (χ4n) is 2.33. The van der Waals surface area contributed by atoms with Gasteiger partial charge in [-0.15, -0.1) is 0 Å². The molecule has 1 aliphatic heterocycles. The van der Waals surface area contributed by atoms with E-state index in [1.54, 1.807) is 12.1 Å². The molecule has 2 atom stereocenters. The molecule has 2 nitrogen and oxygen atoms in total. The van der Waals surface area contributed by atoms with Crippen LogP contribution in [0.25, 0.3) is 0 Å². The maximum atomic E-state index is 13.3. The second-order valence-electron chi connectivity index (χ2n) is 4.71. The Labute approximate surface area is 129 Å². The van der Waals surface area contributed by atoms with Gasteiger partial charge in [0.05, 0.1) is 11.1 Å². The molecular weight excluding hydrogens is 347 g/mol. The summed E-state index contributed by atoms with van der Waals surface area (Å²) in [5.74, 6) is 0.00806. The molecule has 0 saturated carbocycles. The normalized spacial score (nSPS) is 21.2. The molecule has 2 aromatic rings. The van der Waals surface area contributed by atoms with Gasteiger partial charge in [-0.3, -0.25) is 0 Å². The second-order valence-corrected chi connectivity index (χ2v) is 5.98. The van der Waals surface area contributed by atoms with Gasteiger partial charge >= 0.3 is 0 Å². The van der Waals surface area contributed by atoms with Crippen molar-refractivity contribution in [2.75, 3.05) is 0 Å². The summed E-state index contributed by atoms with van der Waals surface area (Å²) in [5.41, 5.74) is 1.51. The monoisotopic (exact) mass is 356 g/mol. The summed E-state index contributed by atoms with van der Waals surface area (Å²) in [7, 11) is 0. The summed E-state index contributed by atoms with van der Waals surface area (Å²) in [6.07, 6.45) is -0.571. The van der Waals surface area contributed by atoms with Crippen LogP contribution in [0.1, 0.15) is 29.8 Å². The van der Waals surface area contributed by atoms with Gasteiger partial charge in [0.1, 0.15) is 17.7 Å². The van der Waals surface area contributed by atoms with Gasteiger partial charge < -0.3 is 9.84 Å². The highest BCUT2D eigenvalue weighted by molar-refractivity contribution is 9.10. The summed E-state index contributed by atoms with van der Waals surface area (Å²) in [6, 6.07) is 9.64. The smallest absolute Gasteiger partial charge is 0.128 e. The van der Waals surface area contributed by atoms with E-state index < -0.39 is 6.10 Å². The predicted molar refractivity (Wildman–Crippen MR) is 78.5 cm³/mol. The van der Waals surface area contributed by atoms with Gasteiger partial charge in [-0.25, -0.2) is 4.39 Å². The molecule has 3 rings (SSSR count). The first-order chi connectivity index (χ1) is 9.54. The molecule has 0 fully saturated rings. The Morgan fingerprint density at radius 2 is 2.05 bits per heavy atom. The van der Waals surface area contributed by atoms with E-state index in [9.17, 15) is 9.50 Å². The van der Waals surface area contributed by atoms with Gasteiger partial charge in [-0.05, 0) is 45.8 Å². The average molecular weight is 358 g/mol. The summed E-state index contributed by atoms with van der Waals surface area (Å²) >= 11 is 9.32. The molecule has 1 aliphatic rings. The molecule has 0 radical (unpaired) electrons. The first-order valence-corrected chi connectivity index (χ1v) is 7.31. The van der Waals surface area contributed by atoms with Crippen LogP contribution < -0.4 is 4.74 Å². The number of hydrogen-bond donors (Lipinski definition) is 1. The van der Waals surface area contributed by atoms with Gasteiger partial charge in [-0.1, -0.05) is 17.7 Å². The third-order valence-electron chi connectivity index (χ3n) is 3.36. The summed E-state index contributed by atoms with van der Waals surface area (Å²) in [5, 5.41) is 10.8. The summed E-state index contributed by atoms with van der Waals surface area (Å²) in [4.78, 5) is 0. The van der Waals surface area contributed by atoms with Crippen LogP contribution in [-0.2, 0) is 0 Å². The van der Waals surface area contributed by atoms with Crippen LogP contribution in [0.3, 0.4) is 0 Å². The molecule has 20 heavy (non-hydrogen) atoms. The molecule has 2 aromatic carbocycles. The lowest BCUT2D eigenvalue weighted by Gasteiger charge is -2.30. The first-order valence-electron chi connectivity index (χ1n) is 6.13. The Bertz CT molecular complexity index is 662. The van der Waals surface area contributed by atoms with E-state index in [0.29, 0.717) is 22.8 Å². The highest BCUT2D eigenvalue weighted by Crippen LogP contribution is 2.41. The molecule has 0 saturated heterocycles. The minimum Gasteiger partial charge on any atom is -0.485 e. The van der Waals surface area contributed by atoms with Crippen LogP contribution in [0, 0.1) is 5.82 Å². The highest BCUT2D eigenvalue weighted by Gasteiger charge is 2.28. The van der Waals surface area contributed by atoms with Crippen molar-refractivity contribution in [3.8, 4) is 5.75 Å². The molecule has 0 spiro atoms. The Morgan fingerprint density at radius 3 is 2.80 bits per heavy atom. The Balaban J connectivity index is 1.96. The SMILES string of the molecule is OC1CC(c2ccc(Cl)c(Br)c2)Oc2cc(F)ccc21. The summed E-state index contributed by atoms with van der Waals surface area (Å²) in [6.45, 7) is 0. The van der Waals surface area contributed by atoms with E-state index in [-0.39, 0.29) is 11.9 Å². The number of aliphatic hydroxyl groups is 1. The van der Waals surface area contributed by atoms with Crippen LogP contribution in [0.5, 0.6) is 5.75 Å². The number of rotatable bonds is 1. The van der Waals surface area contributed by atoms with Gasteiger partial charge in [0.15, 0.2) is 0 Å². The topological polar surface area (TPSA) is 29.5 Å². The minimum absolute atomic E-state index is 0.326. The van der Waals surface area contributed by atoms with E-state index in [1.807, 2.05) is 12.1 Å². The predicted octanol–water partition coefficient (Wildman–Crippen LogP) is 4.80. The van der Waals surface area contributed by atoms with Crippen molar-refractivity contribution in [3.63, 3.8) is 0 Å². The Hall–Kier alpha value is -1.10. The molecule has 0 amide bonds. The molecular formula is C15H11BrClFO2. The molecule has 5 heteroatoms. The lowest BCUT2D eigenvalue weighted by Crippen LogP contribution is -2.19. The average Bonchev–Trinajstić information content (AvgIpc) is 2.41. The zero-order valence-corrected chi connectivity index (χ0v) is 12.7. The number of ether oxygens (including phenoxy) is 1. The second kappa shape index (κ2) is 5.35. The molecule has 0 bridgehead atoms. The molecule has 1 N–H and O–H groups in total. The van der Waals surface area contributed by atoms with Crippen molar-refractivity contribution in [1.29, 1.82) is 0 Å². The Morgan fingerprint density at radius 1 is 1.25 bits per heavy atom. The van der Waals surface area contributed by atoms with Gasteiger partial charge in [0.25, 0.3) is 0 Å². The third-order valence-corrected chi connectivity index (χ3v) is 4.57. The lowest BCUT2D eigenvalue weighted by molar-refractivity contribution is 0.0653. The van der Waals surface area contributed by atoms with E-state index in [1.165, 1.54) is 12.1 Å². The minimum atomic E-state index is -0.668. The lowest BCUT2D eigenvalue weighted by atomic mass is 9.95. The first kappa shape index (κ1) is 13.9. The van der Waals surface area contributed by atoms with Gasteiger partial charge in [0, 0.05) is 22.5 Å². The number of aliphatic hydroxyl groups excluding tert-OH is 1. The standard InChI is InChI=1S/C15H11BrClFO2/c16-11-5-8(1-4-12(11)17)14-7-13(19)10-3-2-9(18)6-15(10)20-14/h1-6,13-14,19H,7H2. The third kappa shape index (κ3) is 2.55. The van der Waals surface area contributed by atoms with E-state index in [0.717, 1.165) is 10.0 Å². The number of halogens is 3. The fourth-order valence-corrected chi connectivity index (χ4v) is 2.85. The van der Waals surface area contributed by atoms with Crippen LogP contribution in [0.4, 0.5) is 4.39 Å². The largest absolute Gasteiger partial charge is 0.485 e. The van der Waals surface area contributed by atoms with Crippen molar-refractivity contribution < 1.29 is 14.2 Å².